The normalized spacial score (nSPS) is 15.4. The lowest BCUT2D eigenvalue weighted by Crippen LogP contribution is -2.38. The van der Waals surface area contributed by atoms with Gasteiger partial charge in [0.1, 0.15) is 24.7 Å². The predicted molar refractivity (Wildman–Crippen MR) is 230 cm³/mol. The highest BCUT2D eigenvalue weighted by Gasteiger charge is 2.16. The number of hydrogen-bond acceptors (Lipinski definition) is 11. The Bertz CT molecular complexity index is 2510. The van der Waals surface area contributed by atoms with Crippen LogP contribution < -0.4 is 20.1 Å². The minimum absolute atomic E-state index is 0.322. The molecule has 0 saturated carbocycles. The summed E-state index contributed by atoms with van der Waals surface area (Å²) in [6.45, 7) is 10.1. The van der Waals surface area contributed by atoms with Gasteiger partial charge in [-0.2, -0.15) is 0 Å². The Morgan fingerprint density at radius 3 is 1.47 bits per heavy atom. The van der Waals surface area contributed by atoms with Gasteiger partial charge in [-0.15, -0.1) is 0 Å². The molecule has 13 nitrogen and oxygen atoms in total. The van der Waals surface area contributed by atoms with Crippen molar-refractivity contribution in [3.63, 3.8) is 0 Å². The molecule has 10 rings (SSSR count). The summed E-state index contributed by atoms with van der Waals surface area (Å²) >= 11 is 3.28. The Kier molecular flexibility index (Phi) is 10.4. The molecule has 4 aromatic heterocycles. The Labute approximate surface area is 342 Å². The van der Waals surface area contributed by atoms with Gasteiger partial charge in [-0.05, 0) is 60.7 Å². The van der Waals surface area contributed by atoms with Crippen molar-refractivity contribution < 1.29 is 23.7 Å². The number of imidazole rings is 2. The Morgan fingerprint density at radius 2 is 1.03 bits per heavy atom. The zero-order valence-corrected chi connectivity index (χ0v) is 33.4. The highest BCUT2D eigenvalue weighted by atomic mass is 32.1. The molecule has 4 aromatic carbocycles. The van der Waals surface area contributed by atoms with E-state index in [0.29, 0.717) is 24.6 Å². The molecule has 2 aliphatic heterocycles. The van der Waals surface area contributed by atoms with Gasteiger partial charge in [0.15, 0.2) is 9.92 Å². The lowest BCUT2D eigenvalue weighted by atomic mass is 10.1. The number of thiazole rings is 2. The first-order valence-corrected chi connectivity index (χ1v) is 21.2. The van der Waals surface area contributed by atoms with Crippen molar-refractivity contribution in [2.24, 2.45) is 0 Å². The third-order valence-corrected chi connectivity index (χ3v) is 12.6. The van der Waals surface area contributed by atoms with Crippen LogP contribution in [0.2, 0.25) is 0 Å². The van der Waals surface area contributed by atoms with Crippen molar-refractivity contribution in [2.75, 3.05) is 89.5 Å². The molecule has 6 heterocycles. The number of morpholine rings is 2. The number of carbonyl (C=O) groups is 1. The molecule has 0 spiro atoms. The van der Waals surface area contributed by atoms with Gasteiger partial charge in [-0.1, -0.05) is 46.9 Å². The predicted octanol–water partition coefficient (Wildman–Crippen LogP) is 7.81. The zero-order chi connectivity index (χ0) is 38.8. The van der Waals surface area contributed by atoms with Gasteiger partial charge in [0.05, 0.1) is 58.2 Å². The van der Waals surface area contributed by atoms with Gasteiger partial charge in [-0.25, -0.2) is 14.8 Å². The lowest BCUT2D eigenvalue weighted by Gasteiger charge is -2.26. The van der Waals surface area contributed by atoms with Crippen LogP contribution in [0.1, 0.15) is 0 Å². The fourth-order valence-corrected chi connectivity index (χ4v) is 9.47. The number of urea groups is 1. The minimum Gasteiger partial charge on any atom is -0.492 e. The van der Waals surface area contributed by atoms with Crippen LogP contribution in [0, 0.1) is 0 Å². The van der Waals surface area contributed by atoms with Crippen molar-refractivity contribution in [3.8, 4) is 34.0 Å². The number of nitrogens with zero attached hydrogens (tertiary/aromatic N) is 6. The average molecular weight is 815 g/mol. The Balaban J connectivity index is 0.726. The second-order valence-electron chi connectivity index (χ2n) is 14.4. The fourth-order valence-electron chi connectivity index (χ4n) is 7.40. The quantitative estimate of drug-likeness (QED) is 0.127. The largest absolute Gasteiger partial charge is 0.492 e. The van der Waals surface area contributed by atoms with E-state index in [9.17, 15) is 4.79 Å². The Morgan fingerprint density at radius 1 is 0.603 bits per heavy atom. The van der Waals surface area contributed by atoms with Crippen LogP contribution in [0.3, 0.4) is 0 Å². The molecular formula is C43H42N8O5S2. The molecule has 296 valence electrons. The number of benzene rings is 4. The molecule has 2 aliphatic rings. The molecule has 2 fully saturated rings. The first-order valence-electron chi connectivity index (χ1n) is 19.6. The van der Waals surface area contributed by atoms with E-state index >= 15 is 0 Å². The SMILES string of the molecule is O=C(Nc1ccc(-c2cn3c(n2)sc2cc(OCCN4CCOCC4)ccc23)cc1)Nc1ccc(-c2cn3c(n2)sc2cc(OCCN4CCOCC4)ccc23)cc1. The maximum Gasteiger partial charge on any atom is 0.323 e. The van der Waals surface area contributed by atoms with Gasteiger partial charge in [-0.3, -0.25) is 18.6 Å². The number of hydrogen-bond donors (Lipinski definition) is 2. The van der Waals surface area contributed by atoms with Crippen LogP contribution >= 0.6 is 22.7 Å². The van der Waals surface area contributed by atoms with E-state index in [1.807, 2.05) is 60.7 Å². The second kappa shape index (κ2) is 16.4. The van der Waals surface area contributed by atoms with E-state index in [1.54, 1.807) is 22.7 Å². The smallest absolute Gasteiger partial charge is 0.323 e. The summed E-state index contributed by atoms with van der Waals surface area (Å²) in [4.78, 5) is 29.3. The number of amides is 2. The number of fused-ring (bicyclic) bond motifs is 6. The van der Waals surface area contributed by atoms with Crippen LogP contribution in [0.25, 0.3) is 52.9 Å². The third kappa shape index (κ3) is 7.97. The van der Waals surface area contributed by atoms with E-state index < -0.39 is 0 Å². The third-order valence-electron chi connectivity index (χ3n) is 10.6. The van der Waals surface area contributed by atoms with Gasteiger partial charge in [0.2, 0.25) is 0 Å². The molecule has 2 saturated heterocycles. The standard InChI is InChI=1S/C43H42N8O5S2/c52-41(44-31-5-1-29(2-6-31)35-27-50-37-11-9-33(25-39(37)57-42(50)46-35)55-23-17-48-13-19-53-20-14-48)45-32-7-3-30(4-8-32)36-28-51-38-12-10-34(26-40(38)58-43(51)47-36)56-24-18-49-15-21-54-22-16-49/h1-12,25-28H,13-24H2,(H2,44,45,52). The number of ether oxygens (including phenoxy) is 4. The molecule has 0 unspecified atom stereocenters. The minimum atomic E-state index is -0.322. The summed E-state index contributed by atoms with van der Waals surface area (Å²) < 4.78 is 29.5. The number of carbonyl (C=O) groups excluding carboxylic acids is 1. The van der Waals surface area contributed by atoms with Crippen LogP contribution in [0.5, 0.6) is 11.5 Å². The number of anilines is 2. The molecular weight excluding hydrogens is 773 g/mol. The van der Waals surface area contributed by atoms with Gasteiger partial charge < -0.3 is 29.6 Å². The monoisotopic (exact) mass is 814 g/mol. The van der Waals surface area contributed by atoms with Crippen molar-refractivity contribution in [1.82, 2.24) is 28.6 Å². The number of aromatic nitrogens is 4. The number of nitrogens with one attached hydrogen (secondary N) is 2. The molecule has 15 heteroatoms. The molecule has 0 bridgehead atoms. The summed E-state index contributed by atoms with van der Waals surface area (Å²) in [6.07, 6.45) is 4.11. The zero-order valence-electron chi connectivity index (χ0n) is 31.8. The highest BCUT2D eigenvalue weighted by molar-refractivity contribution is 7.24. The Hall–Kier alpha value is -5.55. The molecule has 0 radical (unpaired) electrons. The van der Waals surface area contributed by atoms with Crippen molar-refractivity contribution in [3.05, 3.63) is 97.3 Å². The molecule has 58 heavy (non-hydrogen) atoms. The first kappa shape index (κ1) is 36.8. The van der Waals surface area contributed by atoms with Crippen molar-refractivity contribution in [2.45, 2.75) is 0 Å². The lowest BCUT2D eigenvalue weighted by molar-refractivity contribution is 0.0322. The second-order valence-corrected chi connectivity index (χ2v) is 16.4. The van der Waals surface area contributed by atoms with Crippen LogP contribution in [-0.4, -0.2) is 114 Å². The topological polar surface area (TPSA) is 119 Å². The first-order chi connectivity index (χ1) is 28.6. The van der Waals surface area contributed by atoms with E-state index in [4.69, 9.17) is 28.9 Å². The maximum absolute atomic E-state index is 12.9. The summed E-state index contributed by atoms with van der Waals surface area (Å²) in [6, 6.07) is 27.5. The fraction of sp³-hybridized carbons (Fsp3) is 0.279. The summed E-state index contributed by atoms with van der Waals surface area (Å²) in [7, 11) is 0. The molecule has 0 atom stereocenters. The van der Waals surface area contributed by atoms with Crippen molar-refractivity contribution >= 4 is 70.4 Å². The van der Waals surface area contributed by atoms with E-state index in [1.165, 1.54) is 0 Å². The van der Waals surface area contributed by atoms with E-state index in [-0.39, 0.29) is 6.03 Å². The van der Waals surface area contributed by atoms with Gasteiger partial charge >= 0.3 is 6.03 Å². The summed E-state index contributed by atoms with van der Waals surface area (Å²) in [5.41, 5.74) is 7.23. The molecule has 2 N–H and O–H groups in total. The molecule has 0 aliphatic carbocycles. The highest BCUT2D eigenvalue weighted by Crippen LogP contribution is 2.34. The molecule has 2 amide bonds. The van der Waals surface area contributed by atoms with Crippen LogP contribution in [0.15, 0.2) is 97.3 Å². The van der Waals surface area contributed by atoms with E-state index in [0.717, 1.165) is 130 Å². The maximum atomic E-state index is 12.9. The van der Waals surface area contributed by atoms with Gasteiger partial charge in [0, 0.05) is 74.2 Å². The van der Waals surface area contributed by atoms with Crippen LogP contribution in [-0.2, 0) is 9.47 Å². The number of rotatable bonds is 12. The van der Waals surface area contributed by atoms with Gasteiger partial charge in [0.25, 0.3) is 0 Å². The van der Waals surface area contributed by atoms with Crippen molar-refractivity contribution in [1.29, 1.82) is 0 Å². The molecule has 8 aromatic rings. The van der Waals surface area contributed by atoms with E-state index in [2.05, 4.69) is 65.9 Å². The average Bonchev–Trinajstić information content (AvgIpc) is 4.02. The summed E-state index contributed by atoms with van der Waals surface area (Å²) in [5.74, 6) is 1.74. The van der Waals surface area contributed by atoms with Crippen LogP contribution in [0.4, 0.5) is 16.2 Å². The summed E-state index contributed by atoms with van der Waals surface area (Å²) in [5, 5.41) is 5.87.